The molecule has 1 atom stereocenters. The van der Waals surface area contributed by atoms with Crippen LogP contribution in [0.15, 0.2) is 78.9 Å². The summed E-state index contributed by atoms with van der Waals surface area (Å²) in [6.07, 6.45) is 3.37. The quantitative estimate of drug-likeness (QED) is 0.244. The summed E-state index contributed by atoms with van der Waals surface area (Å²) in [7, 11) is 0. The van der Waals surface area contributed by atoms with E-state index >= 15 is 0 Å². The van der Waals surface area contributed by atoms with Gasteiger partial charge in [-0.05, 0) is 67.6 Å². The number of piperidine rings is 1. The number of ether oxygens (including phenoxy) is 1. The number of benzene rings is 3. The maximum atomic E-state index is 12.8. The minimum absolute atomic E-state index is 0. The van der Waals surface area contributed by atoms with Crippen LogP contribution in [0.3, 0.4) is 0 Å². The van der Waals surface area contributed by atoms with Crippen molar-refractivity contribution in [3.05, 3.63) is 100 Å². The Bertz CT molecular complexity index is 1340. The Balaban J connectivity index is 0.00000405. The second-order valence-corrected chi connectivity index (χ2v) is 12.0. The van der Waals surface area contributed by atoms with Crippen molar-refractivity contribution in [2.24, 2.45) is 0 Å². The highest BCUT2D eigenvalue weighted by molar-refractivity contribution is 6.42. The molecule has 0 bridgehead atoms. The van der Waals surface area contributed by atoms with Gasteiger partial charge in [-0.2, -0.15) is 0 Å². The number of para-hydroxylation sites is 1. The summed E-state index contributed by atoms with van der Waals surface area (Å²) in [6.45, 7) is 5.82. The van der Waals surface area contributed by atoms with Gasteiger partial charge < -0.3 is 19.4 Å². The average molecular weight is 631 g/mol. The van der Waals surface area contributed by atoms with E-state index in [2.05, 4.69) is 4.90 Å². The van der Waals surface area contributed by atoms with Gasteiger partial charge in [0.1, 0.15) is 6.61 Å². The van der Waals surface area contributed by atoms with Gasteiger partial charge >= 0.3 is 6.09 Å². The van der Waals surface area contributed by atoms with Gasteiger partial charge in [0.05, 0.1) is 10.0 Å². The first kappa shape index (κ1) is 32.2. The van der Waals surface area contributed by atoms with Crippen molar-refractivity contribution in [2.45, 2.75) is 50.6 Å². The van der Waals surface area contributed by atoms with Gasteiger partial charge in [0.15, 0.2) is 0 Å². The normalized spacial score (nSPS) is 19.6. The Kier molecular flexibility index (Phi) is 11.2. The smallest absolute Gasteiger partial charge is 0.410 e. The van der Waals surface area contributed by atoms with Gasteiger partial charge in [-0.25, -0.2) is 4.79 Å². The van der Waals surface area contributed by atoms with Crippen LogP contribution in [0, 0.1) is 0 Å². The molecule has 0 spiro atoms. The number of hydrogen-bond acceptors (Lipinski definition) is 4. The minimum atomic E-state index is -0.395. The SMILES string of the molecule is CC(=O)N(c1ccccc1)C1CCN(CCCC2(c3ccc(Cl)c(Cl)c3)COC(=O)N(Cc3ccccc3)C2)CC1.Cl. The monoisotopic (exact) mass is 629 g/mol. The highest BCUT2D eigenvalue weighted by Crippen LogP contribution is 2.38. The number of likely N-dealkylation sites (tertiary alicyclic amines) is 1. The number of hydrogen-bond donors (Lipinski definition) is 0. The molecule has 2 amide bonds. The van der Waals surface area contributed by atoms with Gasteiger partial charge in [-0.3, -0.25) is 4.79 Å². The molecule has 0 aromatic heterocycles. The summed E-state index contributed by atoms with van der Waals surface area (Å²) in [5.41, 5.74) is 2.67. The van der Waals surface area contributed by atoms with Crippen molar-refractivity contribution in [3.63, 3.8) is 0 Å². The Labute approximate surface area is 264 Å². The van der Waals surface area contributed by atoms with Gasteiger partial charge in [-0.1, -0.05) is 77.8 Å². The van der Waals surface area contributed by atoms with Gasteiger partial charge in [0.2, 0.25) is 5.91 Å². The molecule has 0 aliphatic carbocycles. The number of cyclic esters (lactones) is 1. The maximum Gasteiger partial charge on any atom is 0.410 e. The molecule has 6 nitrogen and oxygen atoms in total. The lowest BCUT2D eigenvalue weighted by Crippen LogP contribution is -2.52. The van der Waals surface area contributed by atoms with Crippen LogP contribution in [0.25, 0.3) is 0 Å². The molecule has 224 valence electrons. The number of nitrogens with zero attached hydrogens (tertiary/aromatic N) is 3. The van der Waals surface area contributed by atoms with E-state index in [0.717, 1.165) is 62.1 Å². The lowest BCUT2D eigenvalue weighted by Gasteiger charge is -2.43. The summed E-state index contributed by atoms with van der Waals surface area (Å²) >= 11 is 12.7. The third-order valence-electron chi connectivity index (χ3n) is 8.40. The van der Waals surface area contributed by atoms with E-state index in [1.54, 1.807) is 11.8 Å². The van der Waals surface area contributed by atoms with Crippen LogP contribution >= 0.6 is 35.6 Å². The van der Waals surface area contributed by atoms with Crippen LogP contribution in [-0.4, -0.2) is 60.6 Å². The van der Waals surface area contributed by atoms with E-state index in [1.165, 1.54) is 0 Å². The molecule has 2 fully saturated rings. The predicted octanol–water partition coefficient (Wildman–Crippen LogP) is 7.60. The fourth-order valence-corrected chi connectivity index (χ4v) is 6.57. The van der Waals surface area contributed by atoms with Crippen molar-refractivity contribution < 1.29 is 14.3 Å². The average Bonchev–Trinajstić information content (AvgIpc) is 2.98. The van der Waals surface area contributed by atoms with E-state index in [0.29, 0.717) is 29.7 Å². The van der Waals surface area contributed by atoms with Crippen molar-refractivity contribution >= 4 is 53.3 Å². The molecule has 42 heavy (non-hydrogen) atoms. The first-order chi connectivity index (χ1) is 19.8. The summed E-state index contributed by atoms with van der Waals surface area (Å²) in [4.78, 5) is 31.6. The number of anilines is 1. The number of rotatable bonds is 9. The number of halogens is 3. The second-order valence-electron chi connectivity index (χ2n) is 11.2. The van der Waals surface area contributed by atoms with E-state index < -0.39 is 5.41 Å². The lowest BCUT2D eigenvalue weighted by molar-refractivity contribution is -0.117. The molecule has 2 aliphatic heterocycles. The third kappa shape index (κ3) is 7.59. The maximum absolute atomic E-state index is 12.8. The molecule has 9 heteroatoms. The van der Waals surface area contributed by atoms with Crippen LogP contribution in [0.1, 0.15) is 43.7 Å². The van der Waals surface area contributed by atoms with Crippen molar-refractivity contribution in [1.29, 1.82) is 0 Å². The van der Waals surface area contributed by atoms with Gasteiger partial charge in [-0.15, -0.1) is 12.4 Å². The summed E-state index contributed by atoms with van der Waals surface area (Å²) in [5.74, 6) is 0.0881. The molecule has 5 rings (SSSR count). The zero-order chi connectivity index (χ0) is 28.8. The largest absolute Gasteiger partial charge is 0.448 e. The molecule has 0 N–H and O–H groups in total. The van der Waals surface area contributed by atoms with Crippen LogP contribution < -0.4 is 4.90 Å². The molecule has 2 aliphatic rings. The molecule has 0 saturated carbocycles. The molecule has 3 aromatic carbocycles. The summed E-state index contributed by atoms with van der Waals surface area (Å²) in [5, 5.41) is 1.02. The lowest BCUT2D eigenvalue weighted by atomic mass is 9.76. The Morgan fingerprint density at radius 2 is 1.64 bits per heavy atom. The third-order valence-corrected chi connectivity index (χ3v) is 9.14. The highest BCUT2D eigenvalue weighted by atomic mass is 35.5. The Morgan fingerprint density at radius 1 is 0.976 bits per heavy atom. The van der Waals surface area contributed by atoms with E-state index in [1.807, 2.05) is 83.8 Å². The number of carbonyl (C=O) groups excluding carboxylic acids is 2. The Morgan fingerprint density at radius 3 is 2.29 bits per heavy atom. The van der Waals surface area contributed by atoms with E-state index in [4.69, 9.17) is 27.9 Å². The number of amides is 2. The minimum Gasteiger partial charge on any atom is -0.448 e. The molecule has 2 heterocycles. The summed E-state index contributed by atoms with van der Waals surface area (Å²) < 4.78 is 5.81. The molecular formula is C33H38Cl3N3O3. The van der Waals surface area contributed by atoms with Gasteiger partial charge in [0, 0.05) is 50.2 Å². The van der Waals surface area contributed by atoms with E-state index in [-0.39, 0.29) is 30.4 Å². The van der Waals surface area contributed by atoms with Crippen molar-refractivity contribution in [1.82, 2.24) is 9.80 Å². The topological polar surface area (TPSA) is 53.1 Å². The van der Waals surface area contributed by atoms with Crippen LogP contribution in [0.5, 0.6) is 0 Å². The van der Waals surface area contributed by atoms with Crippen LogP contribution in [0.4, 0.5) is 10.5 Å². The van der Waals surface area contributed by atoms with E-state index in [9.17, 15) is 9.59 Å². The zero-order valence-corrected chi connectivity index (χ0v) is 26.2. The molecular weight excluding hydrogens is 593 g/mol. The van der Waals surface area contributed by atoms with Crippen LogP contribution in [0.2, 0.25) is 10.0 Å². The van der Waals surface area contributed by atoms with Crippen LogP contribution in [-0.2, 0) is 21.5 Å². The molecule has 2 saturated heterocycles. The second kappa shape index (κ2) is 14.6. The first-order valence-electron chi connectivity index (χ1n) is 14.3. The molecule has 1 unspecified atom stereocenters. The summed E-state index contributed by atoms with van der Waals surface area (Å²) in [6, 6.07) is 25.9. The molecule has 0 radical (unpaired) electrons. The number of carbonyl (C=O) groups is 2. The fourth-order valence-electron chi connectivity index (χ4n) is 6.27. The Hall–Kier alpha value is -2.77. The highest BCUT2D eigenvalue weighted by Gasteiger charge is 2.42. The fraction of sp³-hybridized carbons (Fsp3) is 0.394. The zero-order valence-electron chi connectivity index (χ0n) is 23.9. The molecule has 3 aromatic rings. The predicted molar refractivity (Wildman–Crippen MR) is 172 cm³/mol. The first-order valence-corrected chi connectivity index (χ1v) is 15.1. The van der Waals surface area contributed by atoms with Gasteiger partial charge in [0.25, 0.3) is 0 Å². The standard InChI is InChI=1S/C33H37Cl2N3O3.ClH/c1-25(39)38(28-11-6-3-7-12-28)29-15-19-36(20-16-29)18-8-17-33(27-13-14-30(34)31(35)21-27)23-37(32(40)41-24-33)22-26-9-4-2-5-10-26;/h2-7,9-14,21,29H,8,15-20,22-24H2,1H3;1H. The van der Waals surface area contributed by atoms with Crippen molar-refractivity contribution in [2.75, 3.05) is 37.7 Å². The van der Waals surface area contributed by atoms with Crippen molar-refractivity contribution in [3.8, 4) is 0 Å².